The minimum absolute atomic E-state index is 0.125. The number of carbonyl (C=O) groups is 1. The number of nitrogens with zero attached hydrogens (tertiary/aromatic N) is 4. The molecule has 1 amide bonds. The van der Waals surface area contributed by atoms with Gasteiger partial charge in [0.15, 0.2) is 0 Å². The summed E-state index contributed by atoms with van der Waals surface area (Å²) in [5.41, 5.74) is 0.815. The molecule has 0 radical (unpaired) electrons. The second kappa shape index (κ2) is 7.45. The first-order valence-corrected chi connectivity index (χ1v) is 8.83. The van der Waals surface area contributed by atoms with Gasteiger partial charge in [-0.15, -0.1) is 0 Å². The smallest absolute Gasteiger partial charge is 0.292 e. The zero-order valence-corrected chi connectivity index (χ0v) is 15.3. The molecule has 0 bridgehead atoms. The van der Waals surface area contributed by atoms with Crippen molar-refractivity contribution in [3.63, 3.8) is 0 Å². The van der Waals surface area contributed by atoms with Crippen molar-refractivity contribution in [2.24, 2.45) is 0 Å². The maximum atomic E-state index is 12.6. The second-order valence-corrected chi connectivity index (χ2v) is 6.57. The van der Waals surface area contributed by atoms with Crippen LogP contribution in [0.1, 0.15) is 13.3 Å². The molecule has 2 aromatic rings. The van der Waals surface area contributed by atoms with Crippen molar-refractivity contribution in [2.75, 3.05) is 31.1 Å². The van der Waals surface area contributed by atoms with Crippen molar-refractivity contribution in [3.05, 3.63) is 50.9 Å². The van der Waals surface area contributed by atoms with Crippen LogP contribution in [0.5, 0.6) is 0 Å². The predicted molar refractivity (Wildman–Crippen MR) is 98.9 cm³/mol. The van der Waals surface area contributed by atoms with E-state index in [0.717, 1.165) is 0 Å². The van der Waals surface area contributed by atoms with E-state index in [-0.39, 0.29) is 16.5 Å². The highest BCUT2D eigenvalue weighted by Crippen LogP contribution is 2.23. The standard InChI is InChI=1S/C17H18Cl2N4O2/c1-2-15(24)22-9-7-21(8-10-22)14-11-20-23(17(25)16(14)19)13-5-3-12(18)4-6-13/h3-6,11H,2,7-10H2,1H3. The largest absolute Gasteiger partial charge is 0.365 e. The molecule has 0 N–H and O–H groups in total. The number of benzene rings is 1. The van der Waals surface area contributed by atoms with Gasteiger partial charge in [0.25, 0.3) is 5.56 Å². The number of hydrogen-bond acceptors (Lipinski definition) is 4. The molecule has 0 atom stereocenters. The molecule has 0 spiro atoms. The zero-order chi connectivity index (χ0) is 18.0. The van der Waals surface area contributed by atoms with E-state index in [2.05, 4.69) is 5.10 Å². The molecular weight excluding hydrogens is 363 g/mol. The number of rotatable bonds is 3. The molecule has 3 rings (SSSR count). The van der Waals surface area contributed by atoms with Crippen LogP contribution in [0.2, 0.25) is 10.0 Å². The summed E-state index contributed by atoms with van der Waals surface area (Å²) in [6, 6.07) is 6.80. The van der Waals surface area contributed by atoms with Crippen LogP contribution in [0.3, 0.4) is 0 Å². The Labute approximate surface area is 155 Å². The lowest BCUT2D eigenvalue weighted by atomic mass is 10.2. The number of amides is 1. The number of piperazine rings is 1. The summed E-state index contributed by atoms with van der Waals surface area (Å²) in [7, 11) is 0. The molecule has 1 aromatic heterocycles. The number of halogens is 2. The molecule has 8 heteroatoms. The number of aromatic nitrogens is 2. The molecule has 0 saturated carbocycles. The van der Waals surface area contributed by atoms with Crippen molar-refractivity contribution in [2.45, 2.75) is 13.3 Å². The Morgan fingerprint density at radius 2 is 1.76 bits per heavy atom. The van der Waals surface area contributed by atoms with Gasteiger partial charge in [-0.1, -0.05) is 30.1 Å². The fourth-order valence-electron chi connectivity index (χ4n) is 2.83. The van der Waals surface area contributed by atoms with Crippen LogP contribution in [0.25, 0.3) is 5.69 Å². The Morgan fingerprint density at radius 3 is 2.36 bits per heavy atom. The zero-order valence-electron chi connectivity index (χ0n) is 13.8. The van der Waals surface area contributed by atoms with Crippen LogP contribution in [0, 0.1) is 0 Å². The van der Waals surface area contributed by atoms with Crippen LogP contribution in [0.15, 0.2) is 35.3 Å². The summed E-state index contributed by atoms with van der Waals surface area (Å²) in [5.74, 6) is 0.141. The highest BCUT2D eigenvalue weighted by atomic mass is 35.5. The van der Waals surface area contributed by atoms with Crippen LogP contribution in [-0.2, 0) is 4.79 Å². The molecule has 2 heterocycles. The van der Waals surface area contributed by atoms with E-state index in [0.29, 0.717) is 49.0 Å². The van der Waals surface area contributed by atoms with E-state index in [1.807, 2.05) is 16.7 Å². The Bertz CT molecular complexity index is 828. The van der Waals surface area contributed by atoms with E-state index >= 15 is 0 Å². The molecule has 1 aliphatic rings. The van der Waals surface area contributed by atoms with Crippen LogP contribution in [0.4, 0.5) is 5.69 Å². The van der Waals surface area contributed by atoms with Crippen molar-refractivity contribution in [1.82, 2.24) is 14.7 Å². The first kappa shape index (κ1) is 17.8. The van der Waals surface area contributed by atoms with Crippen molar-refractivity contribution in [3.8, 4) is 5.69 Å². The van der Waals surface area contributed by atoms with E-state index < -0.39 is 0 Å². The van der Waals surface area contributed by atoms with Gasteiger partial charge >= 0.3 is 0 Å². The average Bonchev–Trinajstić information content (AvgIpc) is 2.64. The summed E-state index contributed by atoms with van der Waals surface area (Å²) in [6.07, 6.45) is 2.09. The van der Waals surface area contributed by atoms with Crippen LogP contribution < -0.4 is 10.5 Å². The lowest BCUT2D eigenvalue weighted by molar-refractivity contribution is -0.131. The summed E-state index contributed by atoms with van der Waals surface area (Å²) in [6.45, 7) is 4.33. The third-order valence-electron chi connectivity index (χ3n) is 4.25. The highest BCUT2D eigenvalue weighted by Gasteiger charge is 2.23. The lowest BCUT2D eigenvalue weighted by Gasteiger charge is -2.36. The molecule has 6 nitrogen and oxygen atoms in total. The maximum Gasteiger partial charge on any atom is 0.292 e. The van der Waals surface area contributed by atoms with Gasteiger partial charge < -0.3 is 9.80 Å². The van der Waals surface area contributed by atoms with Gasteiger partial charge in [-0.2, -0.15) is 9.78 Å². The fourth-order valence-corrected chi connectivity index (χ4v) is 3.21. The second-order valence-electron chi connectivity index (χ2n) is 5.76. The minimum Gasteiger partial charge on any atom is -0.365 e. The number of carbonyl (C=O) groups excluding carboxylic acids is 1. The number of hydrogen-bond donors (Lipinski definition) is 0. The van der Waals surface area contributed by atoms with E-state index in [1.165, 1.54) is 4.68 Å². The SMILES string of the molecule is CCC(=O)N1CCN(c2cnn(-c3ccc(Cl)cc3)c(=O)c2Cl)CC1. The van der Waals surface area contributed by atoms with E-state index in [1.54, 1.807) is 30.5 Å². The monoisotopic (exact) mass is 380 g/mol. The van der Waals surface area contributed by atoms with Gasteiger partial charge in [-0.3, -0.25) is 9.59 Å². The summed E-state index contributed by atoms with van der Waals surface area (Å²) < 4.78 is 1.25. The summed E-state index contributed by atoms with van der Waals surface area (Å²) in [5, 5.41) is 4.95. The van der Waals surface area contributed by atoms with Crippen LogP contribution in [-0.4, -0.2) is 46.8 Å². The van der Waals surface area contributed by atoms with Gasteiger partial charge in [0, 0.05) is 37.6 Å². The molecular formula is C17H18Cl2N4O2. The molecule has 0 aliphatic carbocycles. The topological polar surface area (TPSA) is 58.4 Å². The number of anilines is 1. The molecule has 1 fully saturated rings. The van der Waals surface area contributed by atoms with Crippen molar-refractivity contribution < 1.29 is 4.79 Å². The van der Waals surface area contributed by atoms with Gasteiger partial charge in [0.2, 0.25) is 5.91 Å². The van der Waals surface area contributed by atoms with Gasteiger partial charge in [0.1, 0.15) is 5.02 Å². The minimum atomic E-state index is -0.381. The Kier molecular flexibility index (Phi) is 5.30. The van der Waals surface area contributed by atoms with Gasteiger partial charge in [-0.05, 0) is 24.3 Å². The fraction of sp³-hybridized carbons (Fsp3) is 0.353. The Balaban J connectivity index is 1.83. The average molecular weight is 381 g/mol. The third kappa shape index (κ3) is 3.65. The summed E-state index contributed by atoms with van der Waals surface area (Å²) >= 11 is 12.2. The third-order valence-corrected chi connectivity index (χ3v) is 4.85. The normalized spacial score (nSPS) is 14.7. The van der Waals surface area contributed by atoms with Crippen molar-refractivity contribution >= 4 is 34.8 Å². The maximum absolute atomic E-state index is 12.6. The van der Waals surface area contributed by atoms with E-state index in [9.17, 15) is 9.59 Å². The molecule has 0 unspecified atom stereocenters. The van der Waals surface area contributed by atoms with Crippen molar-refractivity contribution in [1.29, 1.82) is 0 Å². The Hall–Kier alpha value is -2.05. The molecule has 1 aliphatic heterocycles. The predicted octanol–water partition coefficient (Wildman–Crippen LogP) is 2.60. The molecule has 132 valence electrons. The quantitative estimate of drug-likeness (QED) is 0.820. The van der Waals surface area contributed by atoms with Gasteiger partial charge in [0.05, 0.1) is 17.6 Å². The first-order chi connectivity index (χ1) is 12.0. The lowest BCUT2D eigenvalue weighted by Crippen LogP contribution is -2.49. The summed E-state index contributed by atoms with van der Waals surface area (Å²) in [4.78, 5) is 28.2. The molecule has 25 heavy (non-hydrogen) atoms. The Morgan fingerprint density at radius 1 is 1.12 bits per heavy atom. The first-order valence-electron chi connectivity index (χ1n) is 8.07. The van der Waals surface area contributed by atoms with Crippen LogP contribution >= 0.6 is 23.2 Å². The molecule has 1 saturated heterocycles. The molecule has 1 aromatic carbocycles. The van der Waals surface area contributed by atoms with E-state index in [4.69, 9.17) is 23.2 Å². The highest BCUT2D eigenvalue weighted by molar-refractivity contribution is 6.33. The van der Waals surface area contributed by atoms with Gasteiger partial charge in [-0.25, -0.2) is 0 Å².